The van der Waals surface area contributed by atoms with Crippen LogP contribution in [0.2, 0.25) is 9.36 Å². The highest BCUT2D eigenvalue weighted by Gasteiger charge is 2.20. The minimum absolute atomic E-state index is 0.223. The number of halogens is 3. The SMILES string of the molecule is NC[C@H](Cc1cccc(F)c1)NC(=O)c1cc(-c2[nH]ncc2Cl)c(Cl)s1. The molecule has 0 aliphatic heterocycles. The van der Waals surface area contributed by atoms with Crippen molar-refractivity contribution < 1.29 is 9.18 Å². The van der Waals surface area contributed by atoms with E-state index in [1.807, 2.05) is 0 Å². The zero-order valence-electron chi connectivity index (χ0n) is 13.4. The van der Waals surface area contributed by atoms with E-state index in [2.05, 4.69) is 15.5 Å². The van der Waals surface area contributed by atoms with E-state index in [0.717, 1.165) is 16.9 Å². The number of H-pyrrole nitrogens is 1. The van der Waals surface area contributed by atoms with Gasteiger partial charge in [-0.05, 0) is 30.2 Å². The molecule has 136 valence electrons. The highest BCUT2D eigenvalue weighted by atomic mass is 35.5. The molecule has 0 spiro atoms. The number of rotatable bonds is 6. The number of thiophene rings is 1. The summed E-state index contributed by atoms with van der Waals surface area (Å²) in [5.41, 5.74) is 7.68. The van der Waals surface area contributed by atoms with Gasteiger partial charge in [-0.3, -0.25) is 9.89 Å². The van der Waals surface area contributed by atoms with Crippen molar-refractivity contribution in [3.8, 4) is 11.3 Å². The maximum Gasteiger partial charge on any atom is 0.261 e. The lowest BCUT2D eigenvalue weighted by Crippen LogP contribution is -2.41. The van der Waals surface area contributed by atoms with Gasteiger partial charge in [0.15, 0.2) is 0 Å². The first kappa shape index (κ1) is 18.8. The fraction of sp³-hybridized carbons (Fsp3) is 0.176. The van der Waals surface area contributed by atoms with Crippen molar-refractivity contribution in [1.82, 2.24) is 15.5 Å². The number of hydrogen-bond acceptors (Lipinski definition) is 4. The van der Waals surface area contributed by atoms with E-state index in [0.29, 0.717) is 31.9 Å². The highest BCUT2D eigenvalue weighted by Crippen LogP contribution is 2.37. The number of aromatic nitrogens is 2. The number of carbonyl (C=O) groups excluding carboxylic acids is 1. The minimum Gasteiger partial charge on any atom is -0.347 e. The van der Waals surface area contributed by atoms with Gasteiger partial charge in [0.1, 0.15) is 10.2 Å². The second-order valence-corrected chi connectivity index (χ2v) is 7.69. The van der Waals surface area contributed by atoms with Crippen molar-refractivity contribution in [3.05, 3.63) is 62.1 Å². The van der Waals surface area contributed by atoms with Crippen molar-refractivity contribution in [2.75, 3.05) is 6.54 Å². The lowest BCUT2D eigenvalue weighted by molar-refractivity contribution is 0.0942. The molecule has 1 atom stereocenters. The quantitative estimate of drug-likeness (QED) is 0.574. The van der Waals surface area contributed by atoms with Gasteiger partial charge in [-0.15, -0.1) is 11.3 Å². The molecule has 0 aliphatic rings. The molecule has 0 saturated carbocycles. The number of amides is 1. The molecule has 2 aromatic heterocycles. The fourth-order valence-corrected chi connectivity index (χ4v) is 3.89. The van der Waals surface area contributed by atoms with Crippen LogP contribution in [0.4, 0.5) is 4.39 Å². The third-order valence-corrected chi connectivity index (χ3v) is 5.41. The molecule has 0 saturated heterocycles. The smallest absolute Gasteiger partial charge is 0.261 e. The van der Waals surface area contributed by atoms with Crippen LogP contribution in [0.25, 0.3) is 11.3 Å². The minimum atomic E-state index is -0.329. The van der Waals surface area contributed by atoms with Crippen LogP contribution in [0.5, 0.6) is 0 Å². The summed E-state index contributed by atoms with van der Waals surface area (Å²) in [6.07, 6.45) is 1.90. The van der Waals surface area contributed by atoms with E-state index < -0.39 is 0 Å². The normalized spacial score (nSPS) is 12.2. The van der Waals surface area contributed by atoms with Crippen LogP contribution in [-0.2, 0) is 6.42 Å². The van der Waals surface area contributed by atoms with Gasteiger partial charge in [-0.1, -0.05) is 35.3 Å². The summed E-state index contributed by atoms with van der Waals surface area (Å²) in [5, 5.41) is 9.89. The average molecular weight is 413 g/mol. The van der Waals surface area contributed by atoms with Gasteiger partial charge in [0.25, 0.3) is 5.91 Å². The molecule has 0 aliphatic carbocycles. The first-order valence-corrected chi connectivity index (χ1v) is 9.29. The third kappa shape index (κ3) is 4.24. The second-order valence-electron chi connectivity index (χ2n) is 5.63. The Hall–Kier alpha value is -1.93. The largest absolute Gasteiger partial charge is 0.347 e. The second kappa shape index (κ2) is 8.18. The number of nitrogens with one attached hydrogen (secondary N) is 2. The van der Waals surface area contributed by atoms with Crippen molar-refractivity contribution in [3.63, 3.8) is 0 Å². The number of hydrogen-bond donors (Lipinski definition) is 3. The van der Waals surface area contributed by atoms with Gasteiger partial charge < -0.3 is 11.1 Å². The van der Waals surface area contributed by atoms with Crippen LogP contribution in [0.15, 0.2) is 36.5 Å². The van der Waals surface area contributed by atoms with Crippen molar-refractivity contribution in [2.45, 2.75) is 12.5 Å². The van der Waals surface area contributed by atoms with Crippen LogP contribution in [-0.4, -0.2) is 28.7 Å². The predicted octanol–water partition coefficient (Wildman–Crippen LogP) is 3.88. The zero-order valence-corrected chi connectivity index (χ0v) is 15.8. The molecule has 3 rings (SSSR count). The highest BCUT2D eigenvalue weighted by molar-refractivity contribution is 7.18. The maximum atomic E-state index is 13.3. The molecular formula is C17H15Cl2FN4OS. The van der Waals surface area contributed by atoms with Gasteiger partial charge in [-0.2, -0.15) is 5.10 Å². The van der Waals surface area contributed by atoms with Gasteiger partial charge in [0.2, 0.25) is 0 Å². The molecule has 0 unspecified atom stereocenters. The molecular weight excluding hydrogens is 398 g/mol. The molecule has 26 heavy (non-hydrogen) atoms. The Morgan fingerprint density at radius 1 is 1.38 bits per heavy atom. The molecule has 1 aromatic carbocycles. The standard InChI is InChI=1S/C17H15Cl2FN4OS/c18-13-8-22-24-15(13)12-6-14(26-16(12)19)17(25)23-11(7-21)5-9-2-1-3-10(20)4-9/h1-4,6,8,11H,5,7,21H2,(H,22,24)(H,23,25)/t11-/m0/s1. The summed E-state index contributed by atoms with van der Waals surface area (Å²) < 4.78 is 13.7. The number of aromatic amines is 1. The van der Waals surface area contributed by atoms with Crippen LogP contribution in [0.1, 0.15) is 15.2 Å². The van der Waals surface area contributed by atoms with E-state index in [1.54, 1.807) is 18.2 Å². The molecule has 2 heterocycles. The summed E-state index contributed by atoms with van der Waals surface area (Å²) in [6, 6.07) is 7.53. The molecule has 3 aromatic rings. The number of nitrogens with two attached hydrogens (primary N) is 1. The Bertz CT molecular complexity index is 927. The van der Waals surface area contributed by atoms with Crippen LogP contribution >= 0.6 is 34.5 Å². The van der Waals surface area contributed by atoms with Crippen LogP contribution < -0.4 is 11.1 Å². The lowest BCUT2D eigenvalue weighted by Gasteiger charge is -2.16. The zero-order chi connectivity index (χ0) is 18.7. The lowest BCUT2D eigenvalue weighted by atomic mass is 10.1. The Labute approximate surface area is 163 Å². The Balaban J connectivity index is 1.73. The molecule has 0 fully saturated rings. The first-order chi connectivity index (χ1) is 12.5. The summed E-state index contributed by atoms with van der Waals surface area (Å²) in [7, 11) is 0. The van der Waals surface area contributed by atoms with E-state index in [-0.39, 0.29) is 24.3 Å². The molecule has 0 radical (unpaired) electrons. The maximum absolute atomic E-state index is 13.3. The Morgan fingerprint density at radius 2 is 2.19 bits per heavy atom. The fourth-order valence-electron chi connectivity index (χ4n) is 2.51. The molecule has 0 bridgehead atoms. The number of benzene rings is 1. The molecule has 4 N–H and O–H groups in total. The van der Waals surface area contributed by atoms with Gasteiger partial charge >= 0.3 is 0 Å². The molecule has 1 amide bonds. The van der Waals surface area contributed by atoms with Gasteiger partial charge in [0, 0.05) is 18.2 Å². The number of carbonyl (C=O) groups is 1. The summed E-state index contributed by atoms with van der Waals surface area (Å²) >= 11 is 13.4. The van der Waals surface area contributed by atoms with E-state index in [9.17, 15) is 9.18 Å². The Kier molecular flexibility index (Phi) is 5.93. The van der Waals surface area contributed by atoms with E-state index >= 15 is 0 Å². The monoisotopic (exact) mass is 412 g/mol. The van der Waals surface area contributed by atoms with Crippen LogP contribution in [0.3, 0.4) is 0 Å². The molecule has 5 nitrogen and oxygen atoms in total. The Morgan fingerprint density at radius 3 is 2.85 bits per heavy atom. The van der Waals surface area contributed by atoms with Crippen molar-refractivity contribution >= 4 is 40.4 Å². The predicted molar refractivity (Wildman–Crippen MR) is 102 cm³/mol. The first-order valence-electron chi connectivity index (χ1n) is 7.72. The van der Waals surface area contributed by atoms with Crippen molar-refractivity contribution in [1.29, 1.82) is 0 Å². The number of nitrogens with zero attached hydrogens (tertiary/aromatic N) is 1. The van der Waals surface area contributed by atoms with Gasteiger partial charge in [0.05, 0.1) is 21.8 Å². The topological polar surface area (TPSA) is 83.8 Å². The summed E-state index contributed by atoms with van der Waals surface area (Å²) in [6.45, 7) is 0.223. The average Bonchev–Trinajstić information content (AvgIpc) is 3.19. The van der Waals surface area contributed by atoms with E-state index in [4.69, 9.17) is 28.9 Å². The third-order valence-electron chi connectivity index (χ3n) is 3.76. The van der Waals surface area contributed by atoms with Crippen molar-refractivity contribution in [2.24, 2.45) is 5.73 Å². The van der Waals surface area contributed by atoms with Gasteiger partial charge in [-0.25, -0.2) is 4.39 Å². The summed E-state index contributed by atoms with van der Waals surface area (Å²) in [5.74, 6) is -0.624. The molecule has 9 heteroatoms. The van der Waals surface area contributed by atoms with E-state index in [1.165, 1.54) is 18.3 Å². The van der Waals surface area contributed by atoms with Crippen LogP contribution in [0, 0.1) is 5.82 Å². The summed E-state index contributed by atoms with van der Waals surface area (Å²) in [4.78, 5) is 13.0.